The monoisotopic (exact) mass is 471 g/mol. The first-order valence-electron chi connectivity index (χ1n) is 11.0. The predicted octanol–water partition coefficient (Wildman–Crippen LogP) is 5.30. The first kappa shape index (κ1) is 23.0. The van der Waals surface area contributed by atoms with Gasteiger partial charge < -0.3 is 13.5 Å². The summed E-state index contributed by atoms with van der Waals surface area (Å²) in [6, 6.07) is 14.7. The molecule has 0 aliphatic heterocycles. The van der Waals surface area contributed by atoms with Gasteiger partial charge in [-0.05, 0) is 66.9 Å². The molecule has 1 heterocycles. The van der Waals surface area contributed by atoms with Crippen LogP contribution in [-0.2, 0) is 28.0 Å². The second-order valence-electron chi connectivity index (χ2n) is 8.24. The Labute approximate surface area is 193 Å². The Morgan fingerprint density at radius 3 is 2.30 bits per heavy atom. The summed E-state index contributed by atoms with van der Waals surface area (Å²) < 4.78 is 48.5. The zero-order valence-electron chi connectivity index (χ0n) is 18.2. The lowest BCUT2D eigenvalue weighted by Gasteiger charge is -2.29. The van der Waals surface area contributed by atoms with E-state index in [1.54, 1.807) is 41.5 Å². The van der Waals surface area contributed by atoms with E-state index in [-0.39, 0.29) is 22.5 Å². The first-order valence-corrected chi connectivity index (χ1v) is 12.4. The fourth-order valence-electron chi connectivity index (χ4n) is 4.06. The van der Waals surface area contributed by atoms with Gasteiger partial charge in [0.2, 0.25) is 5.91 Å². The molecule has 0 saturated heterocycles. The number of nitrogens with zero attached hydrogens (tertiary/aromatic N) is 1. The van der Waals surface area contributed by atoms with Gasteiger partial charge in [0.1, 0.15) is 22.2 Å². The van der Waals surface area contributed by atoms with E-state index in [2.05, 4.69) is 0 Å². The van der Waals surface area contributed by atoms with Gasteiger partial charge >= 0.3 is 10.1 Å². The molecule has 174 valence electrons. The van der Waals surface area contributed by atoms with E-state index in [1.165, 1.54) is 6.42 Å². The third-order valence-electron chi connectivity index (χ3n) is 5.80. The molecule has 33 heavy (non-hydrogen) atoms. The molecule has 1 fully saturated rings. The van der Waals surface area contributed by atoms with E-state index in [0.29, 0.717) is 18.8 Å². The van der Waals surface area contributed by atoms with Crippen molar-refractivity contribution < 1.29 is 26.2 Å². The third kappa shape index (κ3) is 6.01. The summed E-state index contributed by atoms with van der Waals surface area (Å²) in [6.07, 6.45) is 6.71. The van der Waals surface area contributed by atoms with Crippen LogP contribution in [0.5, 0.6) is 5.75 Å². The van der Waals surface area contributed by atoms with Crippen LogP contribution in [0.3, 0.4) is 0 Å². The minimum Gasteiger partial charge on any atom is -0.467 e. The van der Waals surface area contributed by atoms with Crippen LogP contribution in [0.4, 0.5) is 4.39 Å². The van der Waals surface area contributed by atoms with Gasteiger partial charge in [0.05, 0.1) is 12.8 Å². The molecule has 1 saturated carbocycles. The standard InChI is InChI=1S/C25H26FNO5S/c26-21-10-14-24(15-11-21)33(29,30)32-22-12-8-19(9-13-22)17-27(18-23-7-4-16-31-23)25(28)20-5-2-1-3-6-20/h4,7-16,20H,1-3,5-6,17-18H2. The minimum absolute atomic E-state index is 0.0252. The molecule has 6 nitrogen and oxygen atoms in total. The summed E-state index contributed by atoms with van der Waals surface area (Å²) in [5.74, 6) is 0.464. The van der Waals surface area contributed by atoms with Crippen LogP contribution < -0.4 is 4.18 Å². The number of hydrogen-bond acceptors (Lipinski definition) is 5. The molecule has 1 aliphatic rings. The summed E-state index contributed by atoms with van der Waals surface area (Å²) >= 11 is 0. The number of halogens is 1. The average Bonchev–Trinajstić information content (AvgIpc) is 3.33. The average molecular weight is 472 g/mol. The molecule has 1 aliphatic carbocycles. The summed E-state index contributed by atoms with van der Waals surface area (Å²) in [5.41, 5.74) is 0.845. The quantitative estimate of drug-likeness (QED) is 0.417. The molecular weight excluding hydrogens is 445 g/mol. The molecule has 0 bridgehead atoms. The number of carbonyl (C=O) groups excluding carboxylic acids is 1. The van der Waals surface area contributed by atoms with Crippen molar-refractivity contribution in [3.05, 3.63) is 84.1 Å². The Bertz CT molecular complexity index is 1150. The van der Waals surface area contributed by atoms with E-state index in [0.717, 1.165) is 55.5 Å². The van der Waals surface area contributed by atoms with Gasteiger partial charge in [-0.25, -0.2) is 4.39 Å². The Kier molecular flexibility index (Phi) is 7.13. The number of rotatable bonds is 8. The van der Waals surface area contributed by atoms with Crippen molar-refractivity contribution in [3.8, 4) is 5.75 Å². The molecule has 0 atom stereocenters. The van der Waals surface area contributed by atoms with Crippen molar-refractivity contribution in [2.45, 2.75) is 50.1 Å². The van der Waals surface area contributed by atoms with Gasteiger partial charge in [-0.15, -0.1) is 0 Å². The van der Waals surface area contributed by atoms with Gasteiger partial charge in [-0.1, -0.05) is 31.4 Å². The molecule has 4 rings (SSSR count). The summed E-state index contributed by atoms with van der Waals surface area (Å²) in [4.78, 5) is 14.9. The maximum atomic E-state index is 13.2. The molecular formula is C25H26FNO5S. The Hall–Kier alpha value is -3.13. The van der Waals surface area contributed by atoms with Crippen LogP contribution in [0.1, 0.15) is 43.4 Å². The normalized spacial score (nSPS) is 14.7. The van der Waals surface area contributed by atoms with E-state index < -0.39 is 15.9 Å². The van der Waals surface area contributed by atoms with Crippen LogP contribution in [0.25, 0.3) is 0 Å². The molecule has 0 unspecified atom stereocenters. The molecule has 3 aromatic rings. The number of carbonyl (C=O) groups is 1. The topological polar surface area (TPSA) is 76.8 Å². The second-order valence-corrected chi connectivity index (χ2v) is 9.79. The SMILES string of the molecule is O=C(C1CCCCC1)N(Cc1ccc(OS(=O)(=O)c2ccc(F)cc2)cc1)Cc1ccco1. The summed E-state index contributed by atoms with van der Waals surface area (Å²) in [6.45, 7) is 0.751. The molecule has 1 aromatic heterocycles. The number of hydrogen-bond donors (Lipinski definition) is 0. The zero-order chi connectivity index (χ0) is 23.3. The fraction of sp³-hybridized carbons (Fsp3) is 0.320. The van der Waals surface area contributed by atoms with Crippen LogP contribution in [0.2, 0.25) is 0 Å². The van der Waals surface area contributed by atoms with Gasteiger partial charge in [-0.3, -0.25) is 4.79 Å². The van der Waals surface area contributed by atoms with Crippen LogP contribution in [-0.4, -0.2) is 19.2 Å². The molecule has 0 N–H and O–H groups in total. The zero-order valence-corrected chi connectivity index (χ0v) is 19.0. The maximum absolute atomic E-state index is 13.2. The number of furan rings is 1. The predicted molar refractivity (Wildman–Crippen MR) is 120 cm³/mol. The molecule has 0 spiro atoms. The highest BCUT2D eigenvalue weighted by atomic mass is 32.2. The van der Waals surface area contributed by atoms with Gasteiger partial charge in [0.25, 0.3) is 0 Å². The van der Waals surface area contributed by atoms with Crippen molar-refractivity contribution in [3.63, 3.8) is 0 Å². The Balaban J connectivity index is 1.46. The first-order chi connectivity index (χ1) is 15.9. The van der Waals surface area contributed by atoms with E-state index in [1.807, 2.05) is 6.07 Å². The highest BCUT2D eigenvalue weighted by molar-refractivity contribution is 7.87. The van der Waals surface area contributed by atoms with Gasteiger partial charge in [-0.2, -0.15) is 8.42 Å². The van der Waals surface area contributed by atoms with Crippen molar-refractivity contribution in [1.29, 1.82) is 0 Å². The second kappa shape index (κ2) is 10.2. The molecule has 1 amide bonds. The smallest absolute Gasteiger partial charge is 0.339 e. The van der Waals surface area contributed by atoms with E-state index in [4.69, 9.17) is 8.60 Å². The Morgan fingerprint density at radius 1 is 0.970 bits per heavy atom. The lowest BCUT2D eigenvalue weighted by molar-refractivity contribution is -0.138. The number of amides is 1. The lowest BCUT2D eigenvalue weighted by Crippen LogP contribution is -2.36. The van der Waals surface area contributed by atoms with E-state index in [9.17, 15) is 17.6 Å². The molecule has 8 heteroatoms. The summed E-state index contributed by atoms with van der Waals surface area (Å²) in [5, 5.41) is 0. The lowest BCUT2D eigenvalue weighted by atomic mass is 9.88. The van der Waals surface area contributed by atoms with Gasteiger partial charge in [0.15, 0.2) is 0 Å². The molecule has 0 radical (unpaired) electrons. The van der Waals surface area contributed by atoms with Gasteiger partial charge in [0, 0.05) is 12.5 Å². The Morgan fingerprint density at radius 2 is 1.67 bits per heavy atom. The molecule has 2 aromatic carbocycles. The highest BCUT2D eigenvalue weighted by Gasteiger charge is 2.27. The van der Waals surface area contributed by atoms with Crippen LogP contribution in [0, 0.1) is 11.7 Å². The third-order valence-corrected chi connectivity index (χ3v) is 7.06. The van der Waals surface area contributed by atoms with E-state index >= 15 is 0 Å². The van der Waals surface area contributed by atoms with Crippen molar-refractivity contribution in [1.82, 2.24) is 4.90 Å². The van der Waals surface area contributed by atoms with Crippen LogP contribution >= 0.6 is 0 Å². The number of benzene rings is 2. The summed E-state index contributed by atoms with van der Waals surface area (Å²) in [7, 11) is -4.07. The minimum atomic E-state index is -4.07. The largest absolute Gasteiger partial charge is 0.467 e. The van der Waals surface area contributed by atoms with Crippen LogP contribution in [0.15, 0.2) is 76.2 Å². The highest BCUT2D eigenvalue weighted by Crippen LogP contribution is 2.27. The maximum Gasteiger partial charge on any atom is 0.339 e. The van der Waals surface area contributed by atoms with Crippen molar-refractivity contribution in [2.24, 2.45) is 5.92 Å². The fourth-order valence-corrected chi connectivity index (χ4v) is 4.99. The van der Waals surface area contributed by atoms with Crippen molar-refractivity contribution in [2.75, 3.05) is 0 Å². The van der Waals surface area contributed by atoms with Crippen molar-refractivity contribution >= 4 is 16.0 Å².